The van der Waals surface area contributed by atoms with Gasteiger partial charge in [-0.25, -0.2) is 0 Å². The molecular weight excluding hydrogens is 198 g/mol. The van der Waals surface area contributed by atoms with Crippen molar-refractivity contribution in [3.8, 4) is 0 Å². The number of aliphatic hydroxyl groups excluding tert-OH is 1. The lowest BCUT2D eigenvalue weighted by molar-refractivity contribution is 0.210. The van der Waals surface area contributed by atoms with E-state index in [2.05, 4.69) is 18.2 Å². The summed E-state index contributed by atoms with van der Waals surface area (Å²) in [7, 11) is 0. The van der Waals surface area contributed by atoms with E-state index in [9.17, 15) is 5.11 Å². The molecule has 16 heavy (non-hydrogen) atoms. The highest BCUT2D eigenvalue weighted by atomic mass is 16.3. The van der Waals surface area contributed by atoms with Crippen molar-refractivity contribution in [1.82, 2.24) is 0 Å². The molecular formula is C14H21NO. The molecule has 1 aliphatic rings. The topological polar surface area (TPSA) is 46.2 Å². The lowest BCUT2D eigenvalue weighted by Gasteiger charge is -2.28. The summed E-state index contributed by atoms with van der Waals surface area (Å²) >= 11 is 0. The van der Waals surface area contributed by atoms with Crippen LogP contribution in [0.3, 0.4) is 0 Å². The third-order valence-electron chi connectivity index (χ3n) is 3.84. The minimum Gasteiger partial charge on any atom is -0.395 e. The van der Waals surface area contributed by atoms with Gasteiger partial charge in [0.1, 0.15) is 0 Å². The summed E-state index contributed by atoms with van der Waals surface area (Å²) in [6, 6.07) is 6.60. The second-order valence-electron chi connectivity index (χ2n) is 5.11. The molecule has 1 atom stereocenters. The van der Waals surface area contributed by atoms with Crippen LogP contribution < -0.4 is 5.73 Å². The lowest BCUT2D eigenvalue weighted by atomic mass is 9.80. The second kappa shape index (κ2) is 4.56. The molecule has 2 rings (SSSR count). The number of aryl methyl sites for hydroxylation is 2. The van der Waals surface area contributed by atoms with Crippen molar-refractivity contribution in [1.29, 1.82) is 0 Å². The van der Waals surface area contributed by atoms with Crippen LogP contribution >= 0.6 is 0 Å². The van der Waals surface area contributed by atoms with Crippen LogP contribution in [0.2, 0.25) is 0 Å². The first kappa shape index (κ1) is 11.6. The predicted molar refractivity (Wildman–Crippen MR) is 66.6 cm³/mol. The quantitative estimate of drug-likeness (QED) is 0.814. The Hall–Kier alpha value is -0.860. The van der Waals surface area contributed by atoms with Crippen molar-refractivity contribution < 1.29 is 5.11 Å². The van der Waals surface area contributed by atoms with Gasteiger partial charge in [-0.15, -0.1) is 0 Å². The zero-order valence-electron chi connectivity index (χ0n) is 10.00. The van der Waals surface area contributed by atoms with Gasteiger partial charge in [0.05, 0.1) is 6.61 Å². The van der Waals surface area contributed by atoms with Gasteiger partial charge >= 0.3 is 0 Å². The highest BCUT2D eigenvalue weighted by Gasteiger charge is 2.25. The van der Waals surface area contributed by atoms with E-state index in [1.54, 1.807) is 0 Å². The summed E-state index contributed by atoms with van der Waals surface area (Å²) < 4.78 is 0. The van der Waals surface area contributed by atoms with E-state index in [-0.39, 0.29) is 12.0 Å². The number of aliphatic hydroxyl groups is 1. The van der Waals surface area contributed by atoms with E-state index in [0.717, 1.165) is 0 Å². The van der Waals surface area contributed by atoms with E-state index in [1.807, 2.05) is 6.92 Å². The molecule has 1 unspecified atom stereocenters. The Morgan fingerprint density at radius 1 is 1.25 bits per heavy atom. The van der Waals surface area contributed by atoms with Crippen LogP contribution in [0.4, 0.5) is 0 Å². The Balaban J connectivity index is 2.36. The van der Waals surface area contributed by atoms with E-state index < -0.39 is 0 Å². The fourth-order valence-electron chi connectivity index (χ4n) is 2.38. The van der Waals surface area contributed by atoms with Crippen LogP contribution in [-0.4, -0.2) is 18.3 Å². The van der Waals surface area contributed by atoms with E-state index >= 15 is 0 Å². The molecule has 0 radical (unpaired) electrons. The summed E-state index contributed by atoms with van der Waals surface area (Å²) in [5, 5.41) is 9.46. The van der Waals surface area contributed by atoms with Crippen molar-refractivity contribution >= 4 is 0 Å². The third kappa shape index (κ3) is 2.00. The van der Waals surface area contributed by atoms with Crippen molar-refractivity contribution in [2.24, 2.45) is 5.73 Å². The fraction of sp³-hybridized carbons (Fsp3) is 0.571. The number of nitrogens with two attached hydrogens (primary N) is 1. The van der Waals surface area contributed by atoms with Crippen LogP contribution in [0.1, 0.15) is 36.5 Å². The Morgan fingerprint density at radius 3 is 2.56 bits per heavy atom. The smallest absolute Gasteiger partial charge is 0.0537 e. The number of hydrogen-bond acceptors (Lipinski definition) is 2. The monoisotopic (exact) mass is 219 g/mol. The molecule has 0 spiro atoms. The maximum absolute atomic E-state index is 9.46. The van der Waals surface area contributed by atoms with Gasteiger partial charge in [-0.2, -0.15) is 0 Å². The Morgan fingerprint density at radius 2 is 1.94 bits per heavy atom. The molecule has 0 aliphatic heterocycles. The van der Waals surface area contributed by atoms with Crippen molar-refractivity contribution in [2.75, 3.05) is 13.2 Å². The van der Waals surface area contributed by atoms with Gasteiger partial charge in [0.15, 0.2) is 0 Å². The molecule has 0 aromatic heterocycles. The molecule has 1 aromatic carbocycles. The molecule has 0 fully saturated rings. The molecule has 2 heteroatoms. The number of benzene rings is 1. The average Bonchev–Trinajstić information content (AvgIpc) is 2.37. The molecule has 0 saturated heterocycles. The second-order valence-corrected chi connectivity index (χ2v) is 5.11. The lowest BCUT2D eigenvalue weighted by Crippen LogP contribution is -2.35. The number of rotatable bonds is 3. The zero-order valence-corrected chi connectivity index (χ0v) is 10.00. The largest absolute Gasteiger partial charge is 0.395 e. The molecule has 0 amide bonds. The first-order valence-electron chi connectivity index (χ1n) is 6.13. The summed E-state index contributed by atoms with van der Waals surface area (Å²) in [4.78, 5) is 0. The first-order valence-corrected chi connectivity index (χ1v) is 6.13. The van der Waals surface area contributed by atoms with Gasteiger partial charge < -0.3 is 10.8 Å². The van der Waals surface area contributed by atoms with Crippen molar-refractivity contribution in [2.45, 2.75) is 38.0 Å². The van der Waals surface area contributed by atoms with E-state index in [0.29, 0.717) is 6.54 Å². The fourth-order valence-corrected chi connectivity index (χ4v) is 2.38. The van der Waals surface area contributed by atoms with E-state index in [1.165, 1.54) is 42.4 Å². The average molecular weight is 219 g/mol. The maximum atomic E-state index is 9.46. The first-order chi connectivity index (χ1) is 7.69. The van der Waals surface area contributed by atoms with Crippen molar-refractivity contribution in [3.63, 3.8) is 0 Å². The SMILES string of the molecule is CC(CN)(CO)c1ccc2c(c1)CCCC2. The minimum atomic E-state index is -0.285. The Labute approximate surface area is 97.5 Å². The van der Waals surface area contributed by atoms with Crippen LogP contribution in [0.15, 0.2) is 18.2 Å². The van der Waals surface area contributed by atoms with Crippen molar-refractivity contribution in [3.05, 3.63) is 34.9 Å². The highest BCUT2D eigenvalue weighted by molar-refractivity contribution is 5.37. The molecule has 1 aliphatic carbocycles. The van der Waals surface area contributed by atoms with Crippen LogP contribution in [-0.2, 0) is 18.3 Å². The molecule has 3 N–H and O–H groups in total. The van der Waals surface area contributed by atoms with Gasteiger partial charge in [0.25, 0.3) is 0 Å². The number of fused-ring (bicyclic) bond motifs is 1. The Kier molecular flexibility index (Phi) is 3.31. The van der Waals surface area contributed by atoms with Gasteiger partial charge in [-0.05, 0) is 42.4 Å². The Bertz CT molecular complexity index is 369. The van der Waals surface area contributed by atoms with Gasteiger partial charge in [0, 0.05) is 12.0 Å². The van der Waals surface area contributed by atoms with Gasteiger partial charge in [-0.3, -0.25) is 0 Å². The van der Waals surface area contributed by atoms with Crippen LogP contribution in [0, 0.1) is 0 Å². The predicted octanol–water partition coefficient (Wildman–Crippen LogP) is 1.77. The minimum absolute atomic E-state index is 0.113. The highest BCUT2D eigenvalue weighted by Crippen LogP contribution is 2.28. The summed E-state index contributed by atoms with van der Waals surface area (Å²) in [5.74, 6) is 0. The standard InChI is InChI=1S/C14H21NO/c1-14(9-15,10-16)13-7-6-11-4-2-3-5-12(11)8-13/h6-8,16H,2-5,9-10,15H2,1H3. The normalized spacial score (nSPS) is 18.9. The maximum Gasteiger partial charge on any atom is 0.0537 e. The molecule has 1 aromatic rings. The summed E-state index contributed by atoms with van der Waals surface area (Å²) in [6.07, 6.45) is 4.97. The number of hydrogen-bond donors (Lipinski definition) is 2. The van der Waals surface area contributed by atoms with Crippen LogP contribution in [0.25, 0.3) is 0 Å². The molecule has 0 bridgehead atoms. The molecule has 2 nitrogen and oxygen atoms in total. The summed E-state index contributed by atoms with van der Waals surface area (Å²) in [5.41, 5.74) is 9.59. The van der Waals surface area contributed by atoms with Gasteiger partial charge in [0.2, 0.25) is 0 Å². The van der Waals surface area contributed by atoms with Gasteiger partial charge in [-0.1, -0.05) is 25.1 Å². The molecule has 0 saturated carbocycles. The molecule has 0 heterocycles. The zero-order chi connectivity index (χ0) is 11.6. The molecule has 88 valence electrons. The third-order valence-corrected chi connectivity index (χ3v) is 3.84. The van der Waals surface area contributed by atoms with E-state index in [4.69, 9.17) is 5.73 Å². The summed E-state index contributed by atoms with van der Waals surface area (Å²) in [6.45, 7) is 2.63. The van der Waals surface area contributed by atoms with Crippen LogP contribution in [0.5, 0.6) is 0 Å².